The topological polar surface area (TPSA) is 95.4 Å². The fraction of sp³-hybridized carbons (Fsp3) is 0.778. The molecule has 0 radical (unpaired) electrons. The summed E-state index contributed by atoms with van der Waals surface area (Å²) in [5, 5.41) is 0. The standard InChI is InChI=1S/C7H15NO2.C2H5NO/c1-7(2,3)10-6(9)4-5-8;3-1-2-4/h4-5,8H2,1-3H3;2H,1,3H2. The molecule has 0 aliphatic carbocycles. The summed E-state index contributed by atoms with van der Waals surface area (Å²) in [5.74, 6) is -0.227. The lowest BCUT2D eigenvalue weighted by molar-refractivity contribution is -0.154. The number of ether oxygens (including phenoxy) is 1. The maximum Gasteiger partial charge on any atom is 0.307 e. The lowest BCUT2D eigenvalue weighted by Crippen LogP contribution is -2.25. The molecule has 0 saturated carbocycles. The van der Waals surface area contributed by atoms with Gasteiger partial charge in [-0.05, 0) is 20.8 Å². The van der Waals surface area contributed by atoms with Crippen molar-refractivity contribution in [1.29, 1.82) is 0 Å². The molecule has 0 aromatic rings. The maximum atomic E-state index is 10.8. The number of carbonyl (C=O) groups is 2. The fourth-order valence-corrected chi connectivity index (χ4v) is 0.510. The Morgan fingerprint density at radius 2 is 1.79 bits per heavy atom. The number of nitrogens with two attached hydrogens (primary N) is 2. The molecule has 0 atom stereocenters. The second kappa shape index (κ2) is 8.65. The van der Waals surface area contributed by atoms with Gasteiger partial charge >= 0.3 is 5.97 Å². The highest BCUT2D eigenvalue weighted by Gasteiger charge is 2.14. The Kier molecular flexibility index (Phi) is 9.59. The average molecular weight is 204 g/mol. The van der Waals surface area contributed by atoms with Gasteiger partial charge in [0.05, 0.1) is 6.42 Å². The van der Waals surface area contributed by atoms with Crippen LogP contribution in [0.15, 0.2) is 0 Å². The second-order valence-electron chi connectivity index (χ2n) is 3.53. The third-order valence-corrected chi connectivity index (χ3v) is 0.865. The molecule has 0 saturated heterocycles. The van der Waals surface area contributed by atoms with E-state index in [-0.39, 0.29) is 18.1 Å². The zero-order valence-electron chi connectivity index (χ0n) is 9.08. The van der Waals surface area contributed by atoms with Crippen LogP contribution in [0.25, 0.3) is 0 Å². The van der Waals surface area contributed by atoms with Gasteiger partial charge in [0.1, 0.15) is 11.9 Å². The summed E-state index contributed by atoms with van der Waals surface area (Å²) < 4.78 is 4.96. The molecule has 5 heteroatoms. The van der Waals surface area contributed by atoms with Crippen molar-refractivity contribution in [3.05, 3.63) is 0 Å². The molecule has 0 bridgehead atoms. The van der Waals surface area contributed by atoms with Gasteiger partial charge in [-0.15, -0.1) is 0 Å². The van der Waals surface area contributed by atoms with E-state index in [4.69, 9.17) is 15.3 Å². The smallest absolute Gasteiger partial charge is 0.307 e. The zero-order chi connectivity index (χ0) is 11.6. The van der Waals surface area contributed by atoms with E-state index in [1.807, 2.05) is 20.8 Å². The van der Waals surface area contributed by atoms with E-state index in [2.05, 4.69) is 5.73 Å². The van der Waals surface area contributed by atoms with Crippen LogP contribution >= 0.6 is 0 Å². The normalized spacial score (nSPS) is 9.79. The van der Waals surface area contributed by atoms with Crippen molar-refractivity contribution in [1.82, 2.24) is 0 Å². The molecule has 0 spiro atoms. The predicted molar refractivity (Wildman–Crippen MR) is 54.6 cm³/mol. The van der Waals surface area contributed by atoms with Crippen LogP contribution in [0, 0.1) is 0 Å². The van der Waals surface area contributed by atoms with E-state index in [1.54, 1.807) is 0 Å². The van der Waals surface area contributed by atoms with Crippen molar-refractivity contribution < 1.29 is 14.3 Å². The van der Waals surface area contributed by atoms with Crippen molar-refractivity contribution in [2.24, 2.45) is 11.5 Å². The molecular weight excluding hydrogens is 184 g/mol. The van der Waals surface area contributed by atoms with E-state index in [1.165, 1.54) is 0 Å². The summed E-state index contributed by atoms with van der Waals surface area (Å²) in [6, 6.07) is 0. The van der Waals surface area contributed by atoms with Crippen molar-refractivity contribution in [3.8, 4) is 0 Å². The molecule has 84 valence electrons. The van der Waals surface area contributed by atoms with Crippen LogP contribution in [0.2, 0.25) is 0 Å². The van der Waals surface area contributed by atoms with E-state index in [0.717, 1.165) is 0 Å². The predicted octanol–water partition coefficient (Wildman–Crippen LogP) is -0.179. The molecule has 0 aromatic carbocycles. The minimum Gasteiger partial charge on any atom is -0.460 e. The van der Waals surface area contributed by atoms with Crippen LogP contribution in [0.3, 0.4) is 0 Å². The van der Waals surface area contributed by atoms with Gasteiger partial charge in [0.15, 0.2) is 0 Å². The molecule has 4 N–H and O–H groups in total. The number of rotatable bonds is 3. The number of hydrogen-bond acceptors (Lipinski definition) is 5. The first-order valence-electron chi connectivity index (χ1n) is 4.43. The van der Waals surface area contributed by atoms with Gasteiger partial charge in [-0.25, -0.2) is 0 Å². The van der Waals surface area contributed by atoms with Crippen molar-refractivity contribution in [2.75, 3.05) is 13.1 Å². The molecule has 0 amide bonds. The summed E-state index contributed by atoms with van der Waals surface area (Å²) >= 11 is 0. The van der Waals surface area contributed by atoms with Gasteiger partial charge < -0.3 is 21.0 Å². The van der Waals surface area contributed by atoms with Crippen LogP contribution < -0.4 is 11.5 Å². The lowest BCUT2D eigenvalue weighted by atomic mass is 10.2. The molecule has 0 aliphatic heterocycles. The second-order valence-corrected chi connectivity index (χ2v) is 3.53. The van der Waals surface area contributed by atoms with Gasteiger partial charge in [0.2, 0.25) is 0 Å². The Labute approximate surface area is 84.8 Å². The summed E-state index contributed by atoms with van der Waals surface area (Å²) in [7, 11) is 0. The number of carbonyl (C=O) groups excluding carboxylic acids is 2. The fourth-order valence-electron chi connectivity index (χ4n) is 0.510. The number of esters is 1. The first-order chi connectivity index (χ1) is 6.37. The molecule has 0 aromatic heterocycles. The number of hydrogen-bond donors (Lipinski definition) is 2. The molecule has 0 unspecified atom stereocenters. The van der Waals surface area contributed by atoms with Crippen LogP contribution in [0.1, 0.15) is 27.2 Å². The van der Waals surface area contributed by atoms with Gasteiger partial charge in [-0.2, -0.15) is 0 Å². The minimum atomic E-state index is -0.383. The Balaban J connectivity index is 0. The Hall–Kier alpha value is -0.940. The Morgan fingerprint density at radius 3 is 2.00 bits per heavy atom. The van der Waals surface area contributed by atoms with Crippen LogP contribution in [-0.2, 0) is 14.3 Å². The number of aldehydes is 1. The molecule has 0 aliphatic rings. The van der Waals surface area contributed by atoms with Gasteiger partial charge in [-0.1, -0.05) is 0 Å². The average Bonchev–Trinajstić information content (AvgIpc) is 2.02. The highest BCUT2D eigenvalue weighted by molar-refractivity contribution is 5.69. The molecule has 14 heavy (non-hydrogen) atoms. The van der Waals surface area contributed by atoms with E-state index in [0.29, 0.717) is 19.3 Å². The summed E-state index contributed by atoms with van der Waals surface area (Å²) in [6.45, 7) is 6.00. The maximum absolute atomic E-state index is 10.8. The van der Waals surface area contributed by atoms with E-state index >= 15 is 0 Å². The highest BCUT2D eigenvalue weighted by Crippen LogP contribution is 2.07. The van der Waals surface area contributed by atoms with Crippen molar-refractivity contribution in [2.45, 2.75) is 32.8 Å². The summed E-state index contributed by atoms with van der Waals surface area (Å²) in [5.41, 5.74) is 9.42. The van der Waals surface area contributed by atoms with Crippen LogP contribution in [-0.4, -0.2) is 30.9 Å². The third kappa shape index (κ3) is 17.2. The van der Waals surface area contributed by atoms with Crippen molar-refractivity contribution in [3.63, 3.8) is 0 Å². The van der Waals surface area contributed by atoms with Crippen LogP contribution in [0.4, 0.5) is 0 Å². The van der Waals surface area contributed by atoms with Gasteiger partial charge in [0.25, 0.3) is 0 Å². The van der Waals surface area contributed by atoms with E-state index < -0.39 is 0 Å². The SMILES string of the molecule is CC(C)(C)OC(=O)CCN.NCC=O. The quantitative estimate of drug-likeness (QED) is 0.491. The Morgan fingerprint density at radius 1 is 1.36 bits per heavy atom. The first kappa shape index (κ1) is 15.5. The molecule has 0 heterocycles. The van der Waals surface area contributed by atoms with Crippen LogP contribution in [0.5, 0.6) is 0 Å². The molecule has 0 rings (SSSR count). The summed E-state index contributed by atoms with van der Waals surface area (Å²) in [6.07, 6.45) is 0.956. The monoisotopic (exact) mass is 204 g/mol. The van der Waals surface area contributed by atoms with Gasteiger partial charge in [0, 0.05) is 13.1 Å². The summed E-state index contributed by atoms with van der Waals surface area (Å²) in [4.78, 5) is 19.8. The Bertz CT molecular complexity index is 164. The zero-order valence-corrected chi connectivity index (χ0v) is 9.08. The lowest BCUT2D eigenvalue weighted by Gasteiger charge is -2.18. The largest absolute Gasteiger partial charge is 0.460 e. The minimum absolute atomic E-state index is 0.139. The highest BCUT2D eigenvalue weighted by atomic mass is 16.6. The first-order valence-corrected chi connectivity index (χ1v) is 4.43. The molecule has 5 nitrogen and oxygen atoms in total. The van der Waals surface area contributed by atoms with Gasteiger partial charge in [-0.3, -0.25) is 4.79 Å². The van der Waals surface area contributed by atoms with E-state index in [9.17, 15) is 4.79 Å². The third-order valence-electron chi connectivity index (χ3n) is 0.865. The van der Waals surface area contributed by atoms with Crippen molar-refractivity contribution >= 4 is 12.3 Å². The molecule has 0 fully saturated rings. The molecular formula is C9H20N2O3.